The summed E-state index contributed by atoms with van der Waals surface area (Å²) in [5, 5.41) is 16.3. The molecule has 0 unspecified atom stereocenters. The zero-order valence-corrected chi connectivity index (χ0v) is 16.3. The van der Waals surface area contributed by atoms with Gasteiger partial charge < -0.3 is 19.9 Å². The molecule has 0 fully saturated rings. The fourth-order valence-electron chi connectivity index (χ4n) is 2.83. The molecule has 0 saturated carbocycles. The van der Waals surface area contributed by atoms with Crippen LogP contribution in [0.15, 0.2) is 53.3 Å². The van der Waals surface area contributed by atoms with Crippen LogP contribution in [0.1, 0.15) is 17.4 Å². The van der Waals surface area contributed by atoms with E-state index in [0.717, 1.165) is 4.68 Å². The number of hydrogen-bond donors (Lipinski definition) is 2. The molecule has 1 amide bonds. The van der Waals surface area contributed by atoms with Crippen LogP contribution in [0.3, 0.4) is 0 Å². The van der Waals surface area contributed by atoms with Gasteiger partial charge in [-0.1, -0.05) is 18.2 Å². The van der Waals surface area contributed by atoms with E-state index in [4.69, 9.17) is 14.6 Å². The highest BCUT2D eigenvalue weighted by Gasteiger charge is 2.19. The summed E-state index contributed by atoms with van der Waals surface area (Å²) in [4.78, 5) is 37.1. The number of nitrogens with zero attached hydrogens (tertiary/aromatic N) is 2. The molecule has 9 heteroatoms. The molecule has 30 heavy (non-hydrogen) atoms. The summed E-state index contributed by atoms with van der Waals surface area (Å²) in [6.45, 7) is 1.50. The van der Waals surface area contributed by atoms with Crippen molar-refractivity contribution in [1.29, 1.82) is 0 Å². The van der Waals surface area contributed by atoms with E-state index in [1.807, 2.05) is 6.92 Å². The number of hydrogen-bond acceptors (Lipinski definition) is 7. The van der Waals surface area contributed by atoms with Gasteiger partial charge in [-0.15, -0.1) is 0 Å². The summed E-state index contributed by atoms with van der Waals surface area (Å²) < 4.78 is 11.4. The fourth-order valence-corrected chi connectivity index (χ4v) is 2.83. The lowest BCUT2D eigenvalue weighted by atomic mass is 10.1. The lowest BCUT2D eigenvalue weighted by Crippen LogP contribution is -2.28. The van der Waals surface area contributed by atoms with Crippen LogP contribution in [0.5, 0.6) is 5.75 Å². The highest BCUT2D eigenvalue weighted by Crippen LogP contribution is 2.16. The van der Waals surface area contributed by atoms with E-state index in [0.29, 0.717) is 23.4 Å². The first-order valence-corrected chi connectivity index (χ1v) is 9.34. The van der Waals surface area contributed by atoms with Crippen LogP contribution in [0.4, 0.5) is 5.69 Å². The molecule has 0 saturated heterocycles. The summed E-state index contributed by atoms with van der Waals surface area (Å²) in [6.07, 6.45) is 0. The van der Waals surface area contributed by atoms with Crippen molar-refractivity contribution in [1.82, 2.24) is 9.78 Å². The minimum atomic E-state index is -0.847. The molecule has 0 aliphatic carbocycles. The second-order valence-corrected chi connectivity index (χ2v) is 6.23. The van der Waals surface area contributed by atoms with E-state index in [1.54, 1.807) is 48.5 Å². The van der Waals surface area contributed by atoms with Gasteiger partial charge >= 0.3 is 5.97 Å². The van der Waals surface area contributed by atoms with Gasteiger partial charge in [-0.05, 0) is 37.3 Å². The highest BCUT2D eigenvalue weighted by atomic mass is 16.5. The van der Waals surface area contributed by atoms with Gasteiger partial charge in [-0.3, -0.25) is 9.59 Å². The Morgan fingerprint density at radius 1 is 1.10 bits per heavy atom. The quantitative estimate of drug-likeness (QED) is 0.540. The maximum atomic E-state index is 12.5. The Balaban J connectivity index is 1.71. The Morgan fingerprint density at radius 2 is 1.80 bits per heavy atom. The average Bonchev–Trinajstić information content (AvgIpc) is 2.76. The Hall–Kier alpha value is -3.72. The highest BCUT2D eigenvalue weighted by molar-refractivity contribution is 6.03. The molecule has 2 N–H and O–H groups in total. The Labute approximate surface area is 171 Å². The normalized spacial score (nSPS) is 10.6. The number of carbonyl (C=O) groups excluding carboxylic acids is 2. The topological polar surface area (TPSA) is 120 Å². The van der Waals surface area contributed by atoms with Crippen molar-refractivity contribution in [2.45, 2.75) is 13.5 Å². The number of anilines is 1. The van der Waals surface area contributed by atoms with Crippen molar-refractivity contribution in [2.75, 3.05) is 25.1 Å². The van der Waals surface area contributed by atoms with Gasteiger partial charge in [0.25, 0.3) is 11.5 Å². The average molecular weight is 411 g/mol. The summed E-state index contributed by atoms with van der Waals surface area (Å²) in [7, 11) is 0. The molecule has 156 valence electrons. The Morgan fingerprint density at radius 3 is 2.47 bits per heavy atom. The van der Waals surface area contributed by atoms with Crippen LogP contribution < -0.4 is 15.6 Å². The number of aliphatic hydroxyl groups is 1. The molecule has 0 spiro atoms. The molecule has 3 aromatic rings. The van der Waals surface area contributed by atoms with Crippen molar-refractivity contribution < 1.29 is 24.2 Å². The molecular weight excluding hydrogens is 390 g/mol. The van der Waals surface area contributed by atoms with Crippen LogP contribution in [0, 0.1) is 0 Å². The molecule has 0 bridgehead atoms. The van der Waals surface area contributed by atoms with Gasteiger partial charge in [0.15, 0.2) is 12.3 Å². The predicted octanol–water partition coefficient (Wildman–Crippen LogP) is 1.58. The van der Waals surface area contributed by atoms with E-state index in [9.17, 15) is 14.4 Å². The van der Waals surface area contributed by atoms with Crippen molar-refractivity contribution in [3.8, 4) is 5.75 Å². The van der Waals surface area contributed by atoms with Crippen LogP contribution in [-0.2, 0) is 16.1 Å². The lowest BCUT2D eigenvalue weighted by molar-refractivity contribution is -0.119. The van der Waals surface area contributed by atoms with Crippen LogP contribution in [-0.4, -0.2) is 46.6 Å². The summed E-state index contributed by atoms with van der Waals surface area (Å²) >= 11 is 0. The second-order valence-electron chi connectivity index (χ2n) is 6.23. The number of aromatic nitrogens is 2. The van der Waals surface area contributed by atoms with Gasteiger partial charge in [0, 0.05) is 11.1 Å². The summed E-state index contributed by atoms with van der Waals surface area (Å²) in [6, 6.07) is 13.2. The molecule has 1 aromatic heterocycles. The molecule has 1 heterocycles. The molecule has 0 aliphatic heterocycles. The van der Waals surface area contributed by atoms with E-state index in [1.165, 1.54) is 0 Å². The van der Waals surface area contributed by atoms with E-state index < -0.39 is 24.0 Å². The van der Waals surface area contributed by atoms with Gasteiger partial charge in [0.05, 0.1) is 25.1 Å². The van der Waals surface area contributed by atoms with Crippen molar-refractivity contribution in [3.63, 3.8) is 0 Å². The smallest absolute Gasteiger partial charge is 0.359 e. The molecule has 0 atom stereocenters. The van der Waals surface area contributed by atoms with Gasteiger partial charge in [0.2, 0.25) is 0 Å². The number of amides is 1. The van der Waals surface area contributed by atoms with Gasteiger partial charge in [-0.25, -0.2) is 9.48 Å². The Kier molecular flexibility index (Phi) is 6.76. The number of esters is 1. The third-order valence-corrected chi connectivity index (χ3v) is 4.16. The molecule has 9 nitrogen and oxygen atoms in total. The number of nitrogens with one attached hydrogen (secondary N) is 1. The monoisotopic (exact) mass is 411 g/mol. The first-order chi connectivity index (χ1) is 14.5. The number of ether oxygens (including phenoxy) is 2. The molecule has 0 aliphatic rings. The van der Waals surface area contributed by atoms with Crippen LogP contribution in [0.2, 0.25) is 0 Å². The number of rotatable bonds is 8. The predicted molar refractivity (Wildman–Crippen MR) is 110 cm³/mol. The Bertz CT molecular complexity index is 1110. The minimum Gasteiger partial charge on any atom is -0.494 e. The largest absolute Gasteiger partial charge is 0.494 e. The third-order valence-electron chi connectivity index (χ3n) is 4.16. The lowest BCUT2D eigenvalue weighted by Gasteiger charge is -2.10. The standard InChI is InChI=1S/C21H21N3O6/c1-2-29-15-9-7-14(8-10-15)22-18(26)13-30-21(28)19-16-5-3-4-6-17(16)20(27)24(23-19)11-12-25/h3-10,25H,2,11-13H2,1H3,(H,22,26). The second kappa shape index (κ2) is 9.66. The maximum absolute atomic E-state index is 12.5. The zero-order chi connectivity index (χ0) is 21.5. The number of benzene rings is 2. The number of fused-ring (bicyclic) bond motifs is 1. The minimum absolute atomic E-state index is 0.0673. The van der Waals surface area contributed by atoms with E-state index in [2.05, 4.69) is 10.4 Å². The molecule has 0 radical (unpaired) electrons. The number of carbonyl (C=O) groups is 2. The molecule has 3 rings (SSSR count). The van der Waals surface area contributed by atoms with Crippen LogP contribution in [0.25, 0.3) is 10.8 Å². The third kappa shape index (κ3) is 4.81. The van der Waals surface area contributed by atoms with Crippen LogP contribution >= 0.6 is 0 Å². The van der Waals surface area contributed by atoms with Gasteiger partial charge in [-0.2, -0.15) is 5.10 Å². The van der Waals surface area contributed by atoms with Crippen molar-refractivity contribution >= 4 is 28.3 Å². The van der Waals surface area contributed by atoms with E-state index >= 15 is 0 Å². The molecule has 2 aromatic carbocycles. The van der Waals surface area contributed by atoms with Gasteiger partial charge in [0.1, 0.15) is 5.75 Å². The molecular formula is C21H21N3O6. The SMILES string of the molecule is CCOc1ccc(NC(=O)COC(=O)c2nn(CCO)c(=O)c3ccccc23)cc1. The zero-order valence-electron chi connectivity index (χ0n) is 16.3. The number of aliphatic hydroxyl groups excluding tert-OH is 1. The maximum Gasteiger partial charge on any atom is 0.359 e. The summed E-state index contributed by atoms with van der Waals surface area (Å²) in [5.41, 5.74) is -0.00321. The fraction of sp³-hybridized carbons (Fsp3) is 0.238. The van der Waals surface area contributed by atoms with E-state index in [-0.39, 0.29) is 24.2 Å². The first-order valence-electron chi connectivity index (χ1n) is 9.34. The summed E-state index contributed by atoms with van der Waals surface area (Å²) in [5.74, 6) is -0.696. The first kappa shape index (κ1) is 21.0. The van der Waals surface area contributed by atoms with Crippen molar-refractivity contribution in [3.05, 3.63) is 64.6 Å². The van der Waals surface area contributed by atoms with Crippen molar-refractivity contribution in [2.24, 2.45) is 0 Å².